The van der Waals surface area contributed by atoms with Gasteiger partial charge in [0, 0.05) is 12.1 Å². The van der Waals surface area contributed by atoms with E-state index in [1.54, 1.807) is 27.7 Å². The normalized spacial score (nSPS) is 14.1. The van der Waals surface area contributed by atoms with Crippen molar-refractivity contribution < 1.29 is 32.6 Å². The monoisotopic (exact) mass is 511 g/mol. The van der Waals surface area contributed by atoms with Crippen LogP contribution in [0.3, 0.4) is 0 Å². The van der Waals surface area contributed by atoms with Crippen molar-refractivity contribution in [3.8, 4) is 11.6 Å². The number of nitrogens with zero attached hydrogens (tertiary/aromatic N) is 1. The summed E-state index contributed by atoms with van der Waals surface area (Å²) in [5.74, 6) is -2.39. The molecule has 0 unspecified atom stereocenters. The Balaban J connectivity index is 1.56. The first kappa shape index (κ1) is 26.5. The quantitative estimate of drug-likeness (QED) is 0.471. The minimum atomic E-state index is -0.926. The fourth-order valence-corrected chi connectivity index (χ4v) is 3.03. The molecule has 1 aromatic heterocycles. The van der Waals surface area contributed by atoms with Gasteiger partial charge in [-0.2, -0.15) is 0 Å². The van der Waals surface area contributed by atoms with Crippen LogP contribution in [0, 0.1) is 17.6 Å². The van der Waals surface area contributed by atoms with Crippen molar-refractivity contribution in [2.75, 3.05) is 18.5 Å². The van der Waals surface area contributed by atoms with Gasteiger partial charge in [-0.05, 0) is 52.5 Å². The highest BCUT2D eigenvalue weighted by molar-refractivity contribution is 6.34. The van der Waals surface area contributed by atoms with Crippen LogP contribution in [-0.2, 0) is 4.74 Å². The minimum absolute atomic E-state index is 0.0707. The van der Waals surface area contributed by atoms with Crippen molar-refractivity contribution >= 4 is 29.3 Å². The lowest BCUT2D eigenvalue weighted by molar-refractivity contribution is 0.0493. The standard InChI is InChI=1S/C24H28ClF2N3O5/c1-13(29-23(32)35-24(2,3)4)11-34-21-8-16(25)19(10-28-21)30-22(31)15-7-18(27)20(9-17(15)26)33-12-14-5-6-14/h7-10,13-14H,5-6,11-12H2,1-4H3,(H,29,32)(H,30,31)/t13-/m0/s1. The largest absolute Gasteiger partial charge is 0.490 e. The number of amides is 2. The topological polar surface area (TPSA) is 98.8 Å². The first-order valence-electron chi connectivity index (χ1n) is 11.1. The number of hydrogen-bond donors (Lipinski definition) is 2. The maximum Gasteiger partial charge on any atom is 0.407 e. The van der Waals surface area contributed by atoms with Crippen LogP contribution in [0.25, 0.3) is 0 Å². The molecule has 0 spiro atoms. The Labute approximate surface area is 207 Å². The summed E-state index contributed by atoms with van der Waals surface area (Å²) in [7, 11) is 0. The van der Waals surface area contributed by atoms with Crippen LogP contribution in [0.1, 0.15) is 50.9 Å². The molecule has 0 aliphatic heterocycles. The van der Waals surface area contributed by atoms with Crippen LogP contribution in [0.15, 0.2) is 24.4 Å². The highest BCUT2D eigenvalue weighted by Crippen LogP contribution is 2.31. The zero-order chi connectivity index (χ0) is 25.8. The lowest BCUT2D eigenvalue weighted by atomic mass is 10.1. The highest BCUT2D eigenvalue weighted by Gasteiger charge is 2.24. The summed E-state index contributed by atoms with van der Waals surface area (Å²) in [6.07, 6.45) is 2.66. The lowest BCUT2D eigenvalue weighted by Crippen LogP contribution is -2.40. The van der Waals surface area contributed by atoms with Gasteiger partial charge in [-0.15, -0.1) is 0 Å². The van der Waals surface area contributed by atoms with Crippen LogP contribution in [0.2, 0.25) is 5.02 Å². The molecular formula is C24H28ClF2N3O5. The number of halogens is 3. The van der Waals surface area contributed by atoms with Crippen LogP contribution in [0.5, 0.6) is 11.6 Å². The molecule has 1 saturated carbocycles. The molecule has 1 aliphatic rings. The van der Waals surface area contributed by atoms with Crippen LogP contribution >= 0.6 is 11.6 Å². The summed E-state index contributed by atoms with van der Waals surface area (Å²) in [5, 5.41) is 5.10. The third kappa shape index (κ3) is 8.24. The van der Waals surface area contributed by atoms with E-state index in [1.807, 2.05) is 0 Å². The molecule has 0 saturated heterocycles. The minimum Gasteiger partial charge on any atom is -0.490 e. The van der Waals surface area contributed by atoms with Crippen molar-refractivity contribution in [2.24, 2.45) is 5.92 Å². The van der Waals surface area contributed by atoms with Gasteiger partial charge in [0.25, 0.3) is 5.91 Å². The summed E-state index contributed by atoms with van der Waals surface area (Å²) in [5.41, 5.74) is -1.04. The average Bonchev–Trinajstić information content (AvgIpc) is 3.57. The maximum absolute atomic E-state index is 14.4. The molecule has 0 bridgehead atoms. The van der Waals surface area contributed by atoms with E-state index < -0.39 is 34.8 Å². The summed E-state index contributed by atoms with van der Waals surface area (Å²) >= 11 is 6.19. The Kier molecular flexibility index (Phi) is 8.37. The number of nitrogens with one attached hydrogen (secondary N) is 2. The van der Waals surface area contributed by atoms with Gasteiger partial charge in [0.1, 0.15) is 18.0 Å². The molecule has 2 N–H and O–H groups in total. The molecule has 8 nitrogen and oxygen atoms in total. The van der Waals surface area contributed by atoms with Gasteiger partial charge in [0.15, 0.2) is 11.6 Å². The van der Waals surface area contributed by atoms with Crippen molar-refractivity contribution in [1.29, 1.82) is 0 Å². The van der Waals surface area contributed by atoms with Crippen molar-refractivity contribution in [1.82, 2.24) is 10.3 Å². The number of benzene rings is 1. The van der Waals surface area contributed by atoms with E-state index in [2.05, 4.69) is 15.6 Å². The highest BCUT2D eigenvalue weighted by atomic mass is 35.5. The van der Waals surface area contributed by atoms with Crippen molar-refractivity contribution in [3.63, 3.8) is 0 Å². The van der Waals surface area contributed by atoms with E-state index in [4.69, 9.17) is 25.8 Å². The number of carbonyl (C=O) groups is 2. The summed E-state index contributed by atoms with van der Waals surface area (Å²) in [4.78, 5) is 28.3. The molecule has 1 aromatic carbocycles. The van der Waals surface area contributed by atoms with Gasteiger partial charge in [0.2, 0.25) is 5.88 Å². The Morgan fingerprint density at radius 3 is 2.51 bits per heavy atom. The number of anilines is 1. The molecule has 11 heteroatoms. The Morgan fingerprint density at radius 2 is 1.89 bits per heavy atom. The third-order valence-corrected chi connectivity index (χ3v) is 5.07. The predicted octanol–water partition coefficient (Wildman–Crippen LogP) is 5.35. The zero-order valence-corrected chi connectivity index (χ0v) is 20.7. The van der Waals surface area contributed by atoms with E-state index in [1.165, 1.54) is 12.3 Å². The smallest absolute Gasteiger partial charge is 0.407 e. The second kappa shape index (κ2) is 11.1. The van der Waals surface area contributed by atoms with Gasteiger partial charge < -0.3 is 24.8 Å². The van der Waals surface area contributed by atoms with Crippen LogP contribution in [0.4, 0.5) is 19.3 Å². The summed E-state index contributed by atoms with van der Waals surface area (Å²) in [6, 6.07) is 2.60. The first-order chi connectivity index (χ1) is 16.4. The number of hydrogen-bond acceptors (Lipinski definition) is 6. The van der Waals surface area contributed by atoms with Gasteiger partial charge >= 0.3 is 6.09 Å². The molecule has 35 heavy (non-hydrogen) atoms. The van der Waals surface area contributed by atoms with E-state index >= 15 is 0 Å². The van der Waals surface area contributed by atoms with Gasteiger partial charge in [-0.25, -0.2) is 18.6 Å². The first-order valence-corrected chi connectivity index (χ1v) is 11.5. The van der Waals surface area contributed by atoms with Gasteiger partial charge in [0.05, 0.1) is 35.1 Å². The Hall–Kier alpha value is -3.14. The Morgan fingerprint density at radius 1 is 1.17 bits per heavy atom. The third-order valence-electron chi connectivity index (χ3n) is 4.76. The number of pyridine rings is 1. The number of aromatic nitrogens is 1. The van der Waals surface area contributed by atoms with E-state index in [0.717, 1.165) is 25.0 Å². The molecule has 1 fully saturated rings. The van der Waals surface area contributed by atoms with Crippen molar-refractivity contribution in [2.45, 2.75) is 52.2 Å². The molecule has 190 valence electrons. The summed E-state index contributed by atoms with van der Waals surface area (Å²) in [6.45, 7) is 7.37. The molecule has 2 amide bonds. The van der Waals surface area contributed by atoms with E-state index in [9.17, 15) is 18.4 Å². The molecule has 1 aliphatic carbocycles. The molecule has 2 aromatic rings. The van der Waals surface area contributed by atoms with E-state index in [0.29, 0.717) is 12.5 Å². The fraction of sp³-hybridized carbons (Fsp3) is 0.458. The number of rotatable bonds is 9. The average molecular weight is 512 g/mol. The van der Waals surface area contributed by atoms with Crippen molar-refractivity contribution in [3.05, 3.63) is 46.6 Å². The lowest BCUT2D eigenvalue weighted by Gasteiger charge is -2.22. The number of ether oxygens (including phenoxy) is 3. The van der Waals surface area contributed by atoms with Crippen LogP contribution in [-0.4, -0.2) is 41.8 Å². The SMILES string of the molecule is C[C@@H](COc1cc(Cl)c(NC(=O)c2cc(F)c(OCC3CC3)cc2F)cn1)NC(=O)OC(C)(C)C. The molecular weight excluding hydrogens is 484 g/mol. The zero-order valence-electron chi connectivity index (χ0n) is 19.9. The van der Waals surface area contributed by atoms with Gasteiger partial charge in [-0.3, -0.25) is 4.79 Å². The second-order valence-corrected chi connectivity index (χ2v) is 9.74. The second-order valence-electron chi connectivity index (χ2n) is 9.33. The maximum atomic E-state index is 14.4. The molecule has 0 radical (unpaired) electrons. The Bertz CT molecular complexity index is 1090. The predicted molar refractivity (Wildman–Crippen MR) is 126 cm³/mol. The van der Waals surface area contributed by atoms with E-state index in [-0.39, 0.29) is 35.0 Å². The fourth-order valence-electron chi connectivity index (χ4n) is 2.84. The molecule has 1 atom stereocenters. The molecule has 1 heterocycles. The van der Waals surface area contributed by atoms with Gasteiger partial charge in [-0.1, -0.05) is 11.6 Å². The number of carbonyl (C=O) groups excluding carboxylic acids is 2. The van der Waals surface area contributed by atoms with Crippen LogP contribution < -0.4 is 20.1 Å². The number of alkyl carbamates (subject to hydrolysis) is 1. The molecule has 3 rings (SSSR count). The summed E-state index contributed by atoms with van der Waals surface area (Å²) < 4.78 is 44.7.